The second-order valence-corrected chi connectivity index (χ2v) is 6.06. The van der Waals surface area contributed by atoms with Crippen LogP contribution in [-0.4, -0.2) is 14.5 Å². The number of hydrogen-bond donors (Lipinski definition) is 2. The molecule has 0 radical (unpaired) electrons. The minimum atomic E-state index is -3.52. The maximum Gasteiger partial charge on any atom is 0.242 e. The van der Waals surface area contributed by atoms with Gasteiger partial charge in [-0.1, -0.05) is 15.9 Å². The molecule has 0 aliphatic carbocycles. The Hall–Kier alpha value is -0.590. The van der Waals surface area contributed by atoms with Gasteiger partial charge in [-0.15, -0.1) is 0 Å². The molecule has 3 N–H and O–H groups in total. The third kappa shape index (κ3) is 3.19. The molecule has 15 heavy (non-hydrogen) atoms. The topological polar surface area (TPSA) is 72.2 Å². The summed E-state index contributed by atoms with van der Waals surface area (Å²) in [6.45, 7) is 3.51. The van der Waals surface area contributed by atoms with Crippen molar-refractivity contribution in [2.75, 3.05) is 5.73 Å². The summed E-state index contributed by atoms with van der Waals surface area (Å²) in [5, 5.41) is 0. The monoisotopic (exact) mass is 292 g/mol. The van der Waals surface area contributed by atoms with Crippen LogP contribution in [0.2, 0.25) is 0 Å². The van der Waals surface area contributed by atoms with Crippen LogP contribution in [0, 0.1) is 0 Å². The summed E-state index contributed by atoms with van der Waals surface area (Å²) in [6.07, 6.45) is 0. The third-order valence-corrected chi connectivity index (χ3v) is 3.86. The van der Waals surface area contributed by atoms with Gasteiger partial charge in [0.15, 0.2) is 0 Å². The van der Waals surface area contributed by atoms with Crippen LogP contribution in [0.3, 0.4) is 0 Å². The SMILES string of the molecule is CC(C)NS(=O)(=O)c1cc(Br)ccc1N. The molecule has 1 rings (SSSR count). The highest BCUT2D eigenvalue weighted by Crippen LogP contribution is 2.22. The van der Waals surface area contributed by atoms with Gasteiger partial charge in [0.25, 0.3) is 0 Å². The Labute approximate surface area is 98.0 Å². The summed E-state index contributed by atoms with van der Waals surface area (Å²) in [7, 11) is -3.52. The molecule has 0 saturated heterocycles. The van der Waals surface area contributed by atoms with Crippen molar-refractivity contribution in [1.29, 1.82) is 0 Å². The van der Waals surface area contributed by atoms with E-state index in [0.29, 0.717) is 4.47 Å². The molecular weight excluding hydrogens is 280 g/mol. The summed E-state index contributed by atoms with van der Waals surface area (Å²) >= 11 is 3.21. The van der Waals surface area contributed by atoms with Gasteiger partial charge < -0.3 is 5.73 Å². The summed E-state index contributed by atoms with van der Waals surface area (Å²) < 4.78 is 26.8. The van der Waals surface area contributed by atoms with E-state index in [1.807, 2.05) is 0 Å². The molecule has 0 bridgehead atoms. The number of benzene rings is 1. The van der Waals surface area contributed by atoms with Crippen LogP contribution in [0.25, 0.3) is 0 Å². The molecule has 0 amide bonds. The van der Waals surface area contributed by atoms with Crippen molar-refractivity contribution in [3.8, 4) is 0 Å². The molecule has 4 nitrogen and oxygen atoms in total. The van der Waals surface area contributed by atoms with E-state index in [1.165, 1.54) is 6.07 Å². The maximum absolute atomic E-state index is 11.8. The van der Waals surface area contributed by atoms with E-state index < -0.39 is 10.0 Å². The number of anilines is 1. The highest BCUT2D eigenvalue weighted by molar-refractivity contribution is 9.10. The Morgan fingerprint density at radius 2 is 2.00 bits per heavy atom. The zero-order valence-corrected chi connectivity index (χ0v) is 10.9. The Morgan fingerprint density at radius 3 is 2.53 bits per heavy atom. The molecule has 0 heterocycles. The van der Waals surface area contributed by atoms with Crippen molar-refractivity contribution >= 4 is 31.6 Å². The van der Waals surface area contributed by atoms with E-state index in [2.05, 4.69) is 20.7 Å². The summed E-state index contributed by atoms with van der Waals surface area (Å²) in [6, 6.07) is 4.58. The number of halogens is 1. The summed E-state index contributed by atoms with van der Waals surface area (Å²) in [5.41, 5.74) is 5.85. The Bertz CT molecular complexity index is 457. The zero-order valence-electron chi connectivity index (χ0n) is 8.49. The van der Waals surface area contributed by atoms with E-state index in [-0.39, 0.29) is 16.6 Å². The number of nitrogens with one attached hydrogen (secondary N) is 1. The molecule has 0 aliphatic heterocycles. The second-order valence-electron chi connectivity index (χ2n) is 3.46. The molecule has 1 aromatic carbocycles. The van der Waals surface area contributed by atoms with Crippen LogP contribution in [0.1, 0.15) is 13.8 Å². The van der Waals surface area contributed by atoms with Gasteiger partial charge in [-0.3, -0.25) is 0 Å². The largest absolute Gasteiger partial charge is 0.398 e. The number of nitrogens with two attached hydrogens (primary N) is 1. The highest BCUT2D eigenvalue weighted by atomic mass is 79.9. The minimum Gasteiger partial charge on any atom is -0.398 e. The summed E-state index contributed by atoms with van der Waals surface area (Å²) in [4.78, 5) is 0.102. The lowest BCUT2D eigenvalue weighted by Gasteiger charge is -2.11. The van der Waals surface area contributed by atoms with Crippen molar-refractivity contribution in [1.82, 2.24) is 4.72 Å². The third-order valence-electron chi connectivity index (χ3n) is 1.66. The van der Waals surface area contributed by atoms with Gasteiger partial charge in [-0.05, 0) is 32.0 Å². The van der Waals surface area contributed by atoms with Gasteiger partial charge in [0.2, 0.25) is 10.0 Å². The van der Waals surface area contributed by atoms with Crippen molar-refractivity contribution in [3.63, 3.8) is 0 Å². The quantitative estimate of drug-likeness (QED) is 0.833. The van der Waals surface area contributed by atoms with Gasteiger partial charge in [0.1, 0.15) is 4.90 Å². The summed E-state index contributed by atoms with van der Waals surface area (Å²) in [5.74, 6) is 0. The van der Waals surface area contributed by atoms with E-state index in [1.54, 1.807) is 26.0 Å². The lowest BCUT2D eigenvalue weighted by Crippen LogP contribution is -2.30. The standard InChI is InChI=1S/C9H13BrN2O2S/c1-6(2)12-15(13,14)9-5-7(10)3-4-8(9)11/h3-6,12H,11H2,1-2H3. The highest BCUT2D eigenvalue weighted by Gasteiger charge is 2.18. The number of rotatable bonds is 3. The predicted molar refractivity (Wildman–Crippen MR) is 64.0 cm³/mol. The van der Waals surface area contributed by atoms with Crippen molar-refractivity contribution in [2.45, 2.75) is 24.8 Å². The van der Waals surface area contributed by atoms with Crippen LogP contribution in [0.15, 0.2) is 27.6 Å². The van der Waals surface area contributed by atoms with Crippen molar-refractivity contribution in [3.05, 3.63) is 22.7 Å². The Balaban J connectivity index is 3.21. The lowest BCUT2D eigenvalue weighted by molar-refractivity contribution is 0.570. The molecule has 0 aliphatic rings. The average molecular weight is 293 g/mol. The van der Waals surface area contributed by atoms with Crippen LogP contribution in [0.5, 0.6) is 0 Å². The molecule has 0 fully saturated rings. The molecule has 6 heteroatoms. The maximum atomic E-state index is 11.8. The number of sulfonamides is 1. The number of nitrogen functional groups attached to an aromatic ring is 1. The van der Waals surface area contributed by atoms with Gasteiger partial charge >= 0.3 is 0 Å². The van der Waals surface area contributed by atoms with E-state index >= 15 is 0 Å². The first-order valence-corrected chi connectivity index (χ1v) is 6.68. The molecule has 0 saturated carbocycles. The second kappa shape index (κ2) is 4.51. The van der Waals surface area contributed by atoms with Gasteiger partial charge in [-0.2, -0.15) is 0 Å². The normalized spacial score (nSPS) is 12.0. The fourth-order valence-corrected chi connectivity index (χ4v) is 3.04. The van der Waals surface area contributed by atoms with E-state index in [4.69, 9.17) is 5.73 Å². The van der Waals surface area contributed by atoms with Gasteiger partial charge in [0, 0.05) is 10.5 Å². The molecule has 84 valence electrons. The fraction of sp³-hybridized carbons (Fsp3) is 0.333. The first kappa shape index (κ1) is 12.5. The van der Waals surface area contributed by atoms with Crippen LogP contribution < -0.4 is 10.5 Å². The molecule has 0 spiro atoms. The average Bonchev–Trinajstić information content (AvgIpc) is 2.06. The van der Waals surface area contributed by atoms with Crippen LogP contribution >= 0.6 is 15.9 Å². The first-order valence-electron chi connectivity index (χ1n) is 4.40. The molecule has 1 aromatic rings. The molecular formula is C9H13BrN2O2S. The first-order chi connectivity index (χ1) is 6.83. The van der Waals surface area contributed by atoms with Gasteiger partial charge in [0.05, 0.1) is 5.69 Å². The minimum absolute atomic E-state index is 0.102. The lowest BCUT2D eigenvalue weighted by atomic mass is 10.3. The zero-order chi connectivity index (χ0) is 11.6. The van der Waals surface area contributed by atoms with Gasteiger partial charge in [-0.25, -0.2) is 13.1 Å². The van der Waals surface area contributed by atoms with Crippen molar-refractivity contribution in [2.24, 2.45) is 0 Å². The smallest absolute Gasteiger partial charge is 0.242 e. The van der Waals surface area contributed by atoms with Crippen LogP contribution in [0.4, 0.5) is 5.69 Å². The Morgan fingerprint density at radius 1 is 1.40 bits per heavy atom. The molecule has 0 aromatic heterocycles. The predicted octanol–water partition coefficient (Wildman–Crippen LogP) is 1.72. The molecule has 0 atom stereocenters. The van der Waals surface area contributed by atoms with E-state index in [0.717, 1.165) is 0 Å². The number of hydrogen-bond acceptors (Lipinski definition) is 3. The molecule has 0 unspecified atom stereocenters. The van der Waals surface area contributed by atoms with E-state index in [9.17, 15) is 8.42 Å². The van der Waals surface area contributed by atoms with Crippen LogP contribution in [-0.2, 0) is 10.0 Å². The fourth-order valence-electron chi connectivity index (χ4n) is 1.11. The van der Waals surface area contributed by atoms with Crippen molar-refractivity contribution < 1.29 is 8.42 Å². The Kier molecular flexibility index (Phi) is 3.75.